The number of carbonyl (C=O) groups is 1. The van der Waals surface area contributed by atoms with Gasteiger partial charge in [-0.15, -0.1) is 0 Å². The van der Waals surface area contributed by atoms with Gasteiger partial charge in [-0.05, 0) is 18.1 Å². The summed E-state index contributed by atoms with van der Waals surface area (Å²) in [4.78, 5) is 11.4. The molecule has 1 aromatic heterocycles. The molecule has 0 saturated heterocycles. The summed E-state index contributed by atoms with van der Waals surface area (Å²) in [5.74, 6) is -0.0220. The van der Waals surface area contributed by atoms with E-state index in [1.54, 1.807) is 6.20 Å². The van der Waals surface area contributed by atoms with Crippen LogP contribution in [0.25, 0.3) is 0 Å². The fourth-order valence-corrected chi connectivity index (χ4v) is 1.44. The second-order valence-electron chi connectivity index (χ2n) is 2.88. The molecule has 0 unspecified atom stereocenters. The zero-order valence-electron chi connectivity index (χ0n) is 6.87. The Hall–Kier alpha value is -1.51. The second-order valence-corrected chi connectivity index (χ2v) is 2.88. The van der Waals surface area contributed by atoms with Crippen molar-refractivity contribution in [1.29, 1.82) is 0 Å². The van der Waals surface area contributed by atoms with Crippen LogP contribution in [-0.4, -0.2) is 10.5 Å². The highest BCUT2D eigenvalue weighted by molar-refractivity contribution is 5.95. The molecular formula is C9H10N2O. The van der Waals surface area contributed by atoms with Crippen molar-refractivity contribution in [2.75, 3.05) is 0 Å². The fourth-order valence-electron chi connectivity index (χ4n) is 1.44. The van der Waals surface area contributed by atoms with Crippen LogP contribution >= 0.6 is 0 Å². The van der Waals surface area contributed by atoms with E-state index in [4.69, 9.17) is 0 Å². The molecule has 3 nitrogen and oxygen atoms in total. The second kappa shape index (κ2) is 2.52. The van der Waals surface area contributed by atoms with Gasteiger partial charge in [0.1, 0.15) is 5.69 Å². The van der Waals surface area contributed by atoms with Gasteiger partial charge in [-0.2, -0.15) is 0 Å². The minimum absolute atomic E-state index is 0.0220. The Morgan fingerprint density at radius 1 is 1.58 bits per heavy atom. The molecule has 0 bridgehead atoms. The number of hydrogen-bond acceptors (Lipinski definition) is 1. The molecule has 0 fully saturated rings. The molecule has 2 rings (SSSR count). The smallest absolute Gasteiger partial charge is 0.272 e. The van der Waals surface area contributed by atoms with Crippen LogP contribution in [0.2, 0.25) is 0 Å². The number of amides is 1. The molecular weight excluding hydrogens is 152 g/mol. The van der Waals surface area contributed by atoms with Crippen molar-refractivity contribution in [2.24, 2.45) is 7.05 Å². The van der Waals surface area contributed by atoms with Crippen LogP contribution in [0.3, 0.4) is 0 Å². The van der Waals surface area contributed by atoms with Gasteiger partial charge in [0.15, 0.2) is 0 Å². The quantitative estimate of drug-likeness (QED) is 0.602. The number of aromatic nitrogens is 1. The number of allylic oxidation sites excluding steroid dienone is 1. The molecule has 0 aromatic carbocycles. The van der Waals surface area contributed by atoms with E-state index in [-0.39, 0.29) is 5.91 Å². The van der Waals surface area contributed by atoms with Crippen LogP contribution in [-0.2, 0) is 13.5 Å². The van der Waals surface area contributed by atoms with Gasteiger partial charge in [0.2, 0.25) is 0 Å². The molecule has 0 saturated carbocycles. The van der Waals surface area contributed by atoms with E-state index >= 15 is 0 Å². The van der Waals surface area contributed by atoms with Gasteiger partial charge < -0.3 is 9.88 Å². The van der Waals surface area contributed by atoms with Crippen molar-refractivity contribution in [3.8, 4) is 0 Å². The highest BCUT2D eigenvalue weighted by Crippen LogP contribution is 2.12. The number of fused-ring (bicyclic) bond motifs is 1. The predicted octanol–water partition coefficient (Wildman–Crippen LogP) is 0.825. The zero-order valence-corrected chi connectivity index (χ0v) is 6.87. The maximum Gasteiger partial charge on any atom is 0.272 e. The van der Waals surface area contributed by atoms with Crippen molar-refractivity contribution in [3.05, 3.63) is 35.8 Å². The summed E-state index contributed by atoms with van der Waals surface area (Å²) in [6, 6.07) is 1.98. The Morgan fingerprint density at radius 2 is 2.42 bits per heavy atom. The van der Waals surface area contributed by atoms with Crippen LogP contribution in [0.1, 0.15) is 16.1 Å². The van der Waals surface area contributed by atoms with E-state index in [1.807, 2.05) is 30.0 Å². The first-order valence-corrected chi connectivity index (χ1v) is 3.89. The van der Waals surface area contributed by atoms with E-state index in [0.29, 0.717) is 0 Å². The van der Waals surface area contributed by atoms with Gasteiger partial charge in [0.05, 0.1) is 0 Å². The van der Waals surface area contributed by atoms with E-state index in [9.17, 15) is 4.79 Å². The van der Waals surface area contributed by atoms with Crippen LogP contribution in [0.4, 0.5) is 0 Å². The molecule has 0 atom stereocenters. The van der Waals surface area contributed by atoms with Gasteiger partial charge in [-0.3, -0.25) is 4.79 Å². The standard InChI is InChI=1S/C9H10N2O/c1-11-6-4-7-3-2-5-10-9(12)8(7)11/h2,4-6H,3H2,1H3,(H,10,12). The maximum absolute atomic E-state index is 11.4. The van der Waals surface area contributed by atoms with Crippen molar-refractivity contribution >= 4 is 5.91 Å². The molecule has 2 heterocycles. The number of carbonyl (C=O) groups excluding carboxylic acids is 1. The monoisotopic (exact) mass is 162 g/mol. The van der Waals surface area contributed by atoms with Crippen LogP contribution in [0, 0.1) is 0 Å². The zero-order chi connectivity index (χ0) is 8.55. The van der Waals surface area contributed by atoms with Gasteiger partial charge in [0, 0.05) is 19.4 Å². The number of nitrogens with zero attached hydrogens (tertiary/aromatic N) is 1. The molecule has 62 valence electrons. The summed E-state index contributed by atoms with van der Waals surface area (Å²) in [6.07, 6.45) is 6.38. The number of rotatable bonds is 0. The SMILES string of the molecule is Cn1ccc2c1C(=O)NC=CC2. The molecule has 0 aliphatic carbocycles. The first-order chi connectivity index (χ1) is 5.79. The lowest BCUT2D eigenvalue weighted by Gasteiger charge is -2.01. The highest BCUT2D eigenvalue weighted by atomic mass is 16.1. The Kier molecular flexibility index (Phi) is 1.50. The first kappa shape index (κ1) is 7.16. The van der Waals surface area contributed by atoms with E-state index in [0.717, 1.165) is 17.7 Å². The normalized spacial score (nSPS) is 15.2. The van der Waals surface area contributed by atoms with Gasteiger partial charge >= 0.3 is 0 Å². The van der Waals surface area contributed by atoms with E-state index in [1.165, 1.54) is 0 Å². The van der Waals surface area contributed by atoms with Crippen molar-refractivity contribution in [3.63, 3.8) is 0 Å². The topological polar surface area (TPSA) is 34.0 Å². The molecule has 0 radical (unpaired) electrons. The molecule has 12 heavy (non-hydrogen) atoms. The van der Waals surface area contributed by atoms with Crippen LogP contribution in [0.15, 0.2) is 24.5 Å². The average Bonchev–Trinajstić information content (AvgIpc) is 2.29. The van der Waals surface area contributed by atoms with Gasteiger partial charge in [0.25, 0.3) is 5.91 Å². The van der Waals surface area contributed by atoms with Crippen LogP contribution < -0.4 is 5.32 Å². The lowest BCUT2D eigenvalue weighted by atomic mass is 10.2. The first-order valence-electron chi connectivity index (χ1n) is 3.89. The van der Waals surface area contributed by atoms with E-state index in [2.05, 4.69) is 5.32 Å². The van der Waals surface area contributed by atoms with Crippen LogP contribution in [0.5, 0.6) is 0 Å². The third kappa shape index (κ3) is 0.942. The van der Waals surface area contributed by atoms with Gasteiger partial charge in [-0.1, -0.05) is 6.08 Å². The van der Waals surface area contributed by atoms with Crippen molar-refractivity contribution in [2.45, 2.75) is 6.42 Å². The van der Waals surface area contributed by atoms with Crippen molar-refractivity contribution < 1.29 is 4.79 Å². The molecule has 1 aromatic rings. The Labute approximate surface area is 70.7 Å². The molecule has 1 N–H and O–H groups in total. The molecule has 1 amide bonds. The summed E-state index contributed by atoms with van der Waals surface area (Å²) in [6.45, 7) is 0. The number of nitrogens with one attached hydrogen (secondary N) is 1. The summed E-state index contributed by atoms with van der Waals surface area (Å²) in [7, 11) is 1.88. The Bertz CT molecular complexity index is 349. The fraction of sp³-hybridized carbons (Fsp3) is 0.222. The largest absolute Gasteiger partial charge is 0.346 e. The predicted molar refractivity (Wildman–Crippen MR) is 45.7 cm³/mol. The Morgan fingerprint density at radius 3 is 3.25 bits per heavy atom. The molecule has 3 heteroatoms. The lowest BCUT2D eigenvalue weighted by Crippen LogP contribution is -2.19. The minimum atomic E-state index is -0.0220. The molecule has 1 aliphatic heterocycles. The molecule has 0 spiro atoms. The number of aryl methyl sites for hydroxylation is 1. The minimum Gasteiger partial charge on any atom is -0.346 e. The third-order valence-electron chi connectivity index (χ3n) is 2.04. The summed E-state index contributed by atoms with van der Waals surface area (Å²) >= 11 is 0. The maximum atomic E-state index is 11.4. The summed E-state index contributed by atoms with van der Waals surface area (Å²) in [5, 5.41) is 2.69. The van der Waals surface area contributed by atoms with E-state index < -0.39 is 0 Å². The molecule has 1 aliphatic rings. The highest BCUT2D eigenvalue weighted by Gasteiger charge is 2.14. The number of hydrogen-bond donors (Lipinski definition) is 1. The van der Waals surface area contributed by atoms with Crippen molar-refractivity contribution in [1.82, 2.24) is 9.88 Å². The summed E-state index contributed by atoms with van der Waals surface area (Å²) in [5.41, 5.74) is 1.85. The van der Waals surface area contributed by atoms with Gasteiger partial charge in [-0.25, -0.2) is 0 Å². The Balaban J connectivity index is 2.55. The average molecular weight is 162 g/mol. The third-order valence-corrected chi connectivity index (χ3v) is 2.04. The summed E-state index contributed by atoms with van der Waals surface area (Å²) < 4.78 is 1.84. The lowest BCUT2D eigenvalue weighted by molar-refractivity contribution is 0.0962.